The fraction of sp³-hybridized carbons (Fsp3) is 0.619. The Balaban J connectivity index is 1.36. The minimum absolute atomic E-state index is 0.161. The second kappa shape index (κ2) is 9.69. The zero-order valence-corrected chi connectivity index (χ0v) is 20.4. The van der Waals surface area contributed by atoms with Gasteiger partial charge in [-0.2, -0.15) is 4.31 Å². The van der Waals surface area contributed by atoms with Gasteiger partial charge in [0.15, 0.2) is 0 Å². The molecule has 0 saturated carbocycles. The van der Waals surface area contributed by atoms with E-state index in [1.165, 1.54) is 11.8 Å². The number of piperidine rings is 1. The summed E-state index contributed by atoms with van der Waals surface area (Å²) in [5.41, 5.74) is 1.63. The number of hydrogen-bond acceptors (Lipinski definition) is 8. The standard InChI is InChI=1S/C21H29N7O3S2/c1-2-27-19-9-8-17(33(29,30)26-10-4-3-5-11-26)13-18(19)22-20(27)15-32-21-23-24-25-28(21)14-16-7-6-12-31-16/h8-9,13,16H,2-7,10-12,14-15H2,1H3/t16-/m0/s1. The highest BCUT2D eigenvalue weighted by atomic mass is 32.2. The molecule has 0 unspecified atom stereocenters. The minimum atomic E-state index is -3.49. The van der Waals surface area contributed by atoms with Gasteiger partial charge in [0, 0.05) is 26.2 Å². The molecule has 4 heterocycles. The first-order valence-electron chi connectivity index (χ1n) is 11.6. The summed E-state index contributed by atoms with van der Waals surface area (Å²) in [6.45, 7) is 5.43. The van der Waals surface area contributed by atoms with Gasteiger partial charge in [-0.05, 0) is 61.2 Å². The Bertz CT molecular complexity index is 1210. The lowest BCUT2D eigenvalue weighted by molar-refractivity contribution is 0.0912. The highest BCUT2D eigenvalue weighted by Crippen LogP contribution is 2.28. The molecule has 5 rings (SSSR count). The van der Waals surface area contributed by atoms with Crippen LogP contribution in [0.4, 0.5) is 0 Å². The summed E-state index contributed by atoms with van der Waals surface area (Å²) in [6, 6.07) is 5.29. The van der Waals surface area contributed by atoms with E-state index in [4.69, 9.17) is 9.72 Å². The van der Waals surface area contributed by atoms with E-state index in [-0.39, 0.29) is 6.10 Å². The Kier molecular flexibility index (Phi) is 6.68. The van der Waals surface area contributed by atoms with Gasteiger partial charge in [0.2, 0.25) is 15.2 Å². The van der Waals surface area contributed by atoms with Gasteiger partial charge in [0.1, 0.15) is 5.82 Å². The molecule has 0 N–H and O–H groups in total. The number of aryl methyl sites for hydroxylation is 1. The molecule has 33 heavy (non-hydrogen) atoms. The molecule has 12 heteroatoms. The van der Waals surface area contributed by atoms with Gasteiger partial charge in [-0.25, -0.2) is 18.1 Å². The van der Waals surface area contributed by atoms with Crippen molar-refractivity contribution in [3.8, 4) is 0 Å². The lowest BCUT2D eigenvalue weighted by Gasteiger charge is -2.25. The maximum atomic E-state index is 13.1. The van der Waals surface area contributed by atoms with E-state index < -0.39 is 10.0 Å². The number of thioether (sulfide) groups is 1. The lowest BCUT2D eigenvalue weighted by Crippen LogP contribution is -2.35. The molecule has 0 spiro atoms. The quantitative estimate of drug-likeness (QED) is 0.443. The number of fused-ring (bicyclic) bond motifs is 1. The van der Waals surface area contributed by atoms with Crippen LogP contribution in [-0.4, -0.2) is 68.3 Å². The number of sulfonamides is 1. The first kappa shape index (κ1) is 22.8. The highest BCUT2D eigenvalue weighted by molar-refractivity contribution is 7.98. The molecule has 10 nitrogen and oxygen atoms in total. The smallest absolute Gasteiger partial charge is 0.243 e. The van der Waals surface area contributed by atoms with Crippen LogP contribution in [0.2, 0.25) is 0 Å². The van der Waals surface area contributed by atoms with E-state index in [0.29, 0.717) is 35.8 Å². The number of imidazole rings is 1. The van der Waals surface area contributed by atoms with Crippen molar-refractivity contribution in [1.29, 1.82) is 0 Å². The van der Waals surface area contributed by atoms with E-state index in [0.717, 1.165) is 61.8 Å². The van der Waals surface area contributed by atoms with Crippen molar-refractivity contribution in [3.63, 3.8) is 0 Å². The Morgan fingerprint density at radius 3 is 2.79 bits per heavy atom. The van der Waals surface area contributed by atoms with Crippen molar-refractivity contribution >= 4 is 32.8 Å². The van der Waals surface area contributed by atoms with Crippen LogP contribution in [0.15, 0.2) is 28.3 Å². The fourth-order valence-electron chi connectivity index (χ4n) is 4.56. The third-order valence-electron chi connectivity index (χ3n) is 6.30. The maximum absolute atomic E-state index is 13.1. The van der Waals surface area contributed by atoms with Gasteiger partial charge in [-0.15, -0.1) is 5.10 Å². The Morgan fingerprint density at radius 1 is 1.18 bits per heavy atom. The van der Waals surface area contributed by atoms with Gasteiger partial charge in [0.05, 0.1) is 34.3 Å². The molecule has 3 aromatic rings. The second-order valence-corrected chi connectivity index (χ2v) is 11.3. The van der Waals surface area contributed by atoms with E-state index in [9.17, 15) is 8.42 Å². The first-order chi connectivity index (χ1) is 16.1. The van der Waals surface area contributed by atoms with Crippen molar-refractivity contribution in [1.82, 2.24) is 34.1 Å². The van der Waals surface area contributed by atoms with Crippen LogP contribution in [0.3, 0.4) is 0 Å². The normalized spacial score (nSPS) is 20.1. The van der Waals surface area contributed by atoms with Gasteiger partial charge in [-0.1, -0.05) is 18.2 Å². The Hall–Kier alpha value is -2.02. The molecule has 2 aromatic heterocycles. The van der Waals surface area contributed by atoms with Gasteiger partial charge in [0.25, 0.3) is 0 Å². The summed E-state index contributed by atoms with van der Waals surface area (Å²) in [5.74, 6) is 1.46. The largest absolute Gasteiger partial charge is 0.376 e. The molecular weight excluding hydrogens is 462 g/mol. The topological polar surface area (TPSA) is 108 Å². The van der Waals surface area contributed by atoms with Crippen molar-refractivity contribution in [2.24, 2.45) is 0 Å². The van der Waals surface area contributed by atoms with Gasteiger partial charge < -0.3 is 9.30 Å². The van der Waals surface area contributed by atoms with E-state index >= 15 is 0 Å². The Morgan fingerprint density at radius 2 is 2.03 bits per heavy atom. The van der Waals surface area contributed by atoms with Crippen molar-refractivity contribution in [2.75, 3.05) is 19.7 Å². The molecule has 2 aliphatic rings. The Labute approximate surface area is 197 Å². The first-order valence-corrected chi connectivity index (χ1v) is 14.0. The van der Waals surface area contributed by atoms with Crippen LogP contribution in [0, 0.1) is 0 Å². The second-order valence-electron chi connectivity index (χ2n) is 8.45. The molecule has 1 aromatic carbocycles. The molecule has 0 radical (unpaired) electrons. The molecule has 0 amide bonds. The zero-order valence-electron chi connectivity index (χ0n) is 18.8. The summed E-state index contributed by atoms with van der Waals surface area (Å²) in [7, 11) is -3.49. The van der Waals surface area contributed by atoms with Crippen molar-refractivity contribution < 1.29 is 13.2 Å². The number of aromatic nitrogens is 6. The number of ether oxygens (including phenoxy) is 1. The summed E-state index contributed by atoms with van der Waals surface area (Å²) in [6.07, 6.45) is 5.18. The number of nitrogens with zero attached hydrogens (tertiary/aromatic N) is 7. The molecule has 0 bridgehead atoms. The van der Waals surface area contributed by atoms with Crippen LogP contribution < -0.4 is 0 Å². The zero-order chi connectivity index (χ0) is 22.8. The number of hydrogen-bond donors (Lipinski definition) is 0. The van der Waals surface area contributed by atoms with Crippen LogP contribution in [-0.2, 0) is 33.6 Å². The predicted molar refractivity (Wildman–Crippen MR) is 124 cm³/mol. The van der Waals surface area contributed by atoms with Crippen LogP contribution in [0.1, 0.15) is 44.9 Å². The van der Waals surface area contributed by atoms with Gasteiger partial charge in [-0.3, -0.25) is 0 Å². The molecule has 0 aliphatic carbocycles. The molecule has 1 atom stereocenters. The molecule has 2 fully saturated rings. The minimum Gasteiger partial charge on any atom is -0.376 e. The lowest BCUT2D eigenvalue weighted by atomic mass is 10.2. The van der Waals surface area contributed by atoms with Crippen molar-refractivity contribution in [2.45, 2.75) is 74.0 Å². The number of tetrazole rings is 1. The van der Waals surface area contributed by atoms with Crippen LogP contribution >= 0.6 is 11.8 Å². The van der Waals surface area contributed by atoms with Gasteiger partial charge >= 0.3 is 0 Å². The monoisotopic (exact) mass is 491 g/mol. The molecular formula is C21H29N7O3S2. The summed E-state index contributed by atoms with van der Waals surface area (Å²) < 4.78 is 37.4. The molecule has 178 valence electrons. The maximum Gasteiger partial charge on any atom is 0.243 e. The average molecular weight is 492 g/mol. The summed E-state index contributed by atoms with van der Waals surface area (Å²) >= 11 is 1.53. The third-order valence-corrected chi connectivity index (χ3v) is 9.15. The fourth-order valence-corrected chi connectivity index (χ4v) is 6.93. The average Bonchev–Trinajstić information content (AvgIpc) is 3.58. The van der Waals surface area contributed by atoms with Crippen LogP contribution in [0.5, 0.6) is 0 Å². The number of rotatable bonds is 8. The predicted octanol–water partition coefficient (Wildman–Crippen LogP) is 2.69. The van der Waals surface area contributed by atoms with Crippen molar-refractivity contribution in [3.05, 3.63) is 24.0 Å². The SMILES string of the molecule is CCn1c(CSc2nnnn2C[C@@H]2CCCO2)nc2cc(S(=O)(=O)N3CCCCC3)ccc21. The summed E-state index contributed by atoms with van der Waals surface area (Å²) in [5, 5.41) is 12.8. The molecule has 2 saturated heterocycles. The highest BCUT2D eigenvalue weighted by Gasteiger charge is 2.27. The summed E-state index contributed by atoms with van der Waals surface area (Å²) in [4.78, 5) is 5.11. The van der Waals surface area contributed by atoms with Crippen LogP contribution in [0.25, 0.3) is 11.0 Å². The molecule has 2 aliphatic heterocycles. The third kappa shape index (κ3) is 4.66. The number of benzene rings is 1. The van der Waals surface area contributed by atoms with E-state index in [1.54, 1.807) is 21.1 Å². The van der Waals surface area contributed by atoms with E-state index in [2.05, 4.69) is 27.0 Å². The van der Waals surface area contributed by atoms with E-state index in [1.807, 2.05) is 6.07 Å².